The Kier molecular flexibility index (Phi) is 4.62. The molecular weight excluding hydrogens is 312 g/mol. The van der Waals surface area contributed by atoms with Crippen molar-refractivity contribution in [2.75, 3.05) is 6.61 Å². The Morgan fingerprint density at radius 1 is 1.52 bits per heavy atom. The number of hydrogen-bond acceptors (Lipinski definition) is 5. The van der Waals surface area contributed by atoms with Crippen molar-refractivity contribution in [3.8, 4) is 0 Å². The minimum absolute atomic E-state index is 0.101. The molecule has 112 valence electrons. The monoisotopic (exact) mass is 326 g/mol. The molecule has 1 saturated heterocycles. The van der Waals surface area contributed by atoms with Gasteiger partial charge in [-0.15, -0.1) is 5.10 Å². The van der Waals surface area contributed by atoms with Gasteiger partial charge >= 0.3 is 5.69 Å². The van der Waals surface area contributed by atoms with Gasteiger partial charge in [0.15, 0.2) is 5.16 Å². The molecular formula is C13H15ClN4O2S. The van der Waals surface area contributed by atoms with Crippen LogP contribution in [0, 0.1) is 0 Å². The molecule has 6 nitrogen and oxygen atoms in total. The minimum atomic E-state index is -0.202. The summed E-state index contributed by atoms with van der Waals surface area (Å²) in [4.78, 5) is 16.1. The third-order valence-electron chi connectivity index (χ3n) is 3.26. The van der Waals surface area contributed by atoms with E-state index in [0.29, 0.717) is 22.6 Å². The Labute approximate surface area is 130 Å². The summed E-state index contributed by atoms with van der Waals surface area (Å²) in [5, 5.41) is 7.68. The molecule has 2 aromatic rings. The van der Waals surface area contributed by atoms with Crippen molar-refractivity contribution in [3.63, 3.8) is 0 Å². The van der Waals surface area contributed by atoms with Crippen LogP contribution in [0.3, 0.4) is 0 Å². The summed E-state index contributed by atoms with van der Waals surface area (Å²) in [7, 11) is 0. The quantitative estimate of drug-likeness (QED) is 0.673. The fraction of sp³-hybridized carbons (Fsp3) is 0.462. The number of nitrogens with zero attached hydrogens (tertiary/aromatic N) is 3. The van der Waals surface area contributed by atoms with Crippen molar-refractivity contribution in [3.05, 3.63) is 39.5 Å². The van der Waals surface area contributed by atoms with Gasteiger partial charge in [-0.05, 0) is 25.0 Å². The first-order valence-electron chi connectivity index (χ1n) is 6.73. The van der Waals surface area contributed by atoms with Crippen molar-refractivity contribution in [1.82, 2.24) is 19.7 Å². The zero-order valence-electron chi connectivity index (χ0n) is 11.3. The lowest BCUT2D eigenvalue weighted by Gasteiger charge is -2.10. The van der Waals surface area contributed by atoms with E-state index in [1.165, 1.54) is 11.8 Å². The fourth-order valence-electron chi connectivity index (χ4n) is 2.24. The van der Waals surface area contributed by atoms with E-state index in [4.69, 9.17) is 16.3 Å². The van der Waals surface area contributed by atoms with Crippen molar-refractivity contribution in [2.24, 2.45) is 0 Å². The summed E-state index contributed by atoms with van der Waals surface area (Å²) < 4.78 is 7.20. The van der Waals surface area contributed by atoms with Gasteiger partial charge in [0, 0.05) is 12.4 Å². The Morgan fingerprint density at radius 3 is 3.19 bits per heavy atom. The fourth-order valence-corrected chi connectivity index (χ4v) is 3.28. The molecule has 0 aromatic carbocycles. The number of hydrogen-bond donors (Lipinski definition) is 1. The van der Waals surface area contributed by atoms with Gasteiger partial charge in [0.05, 0.1) is 18.3 Å². The molecule has 1 aliphatic rings. The first-order valence-corrected chi connectivity index (χ1v) is 8.10. The summed E-state index contributed by atoms with van der Waals surface area (Å²) in [5.74, 6) is 0.608. The second-order valence-electron chi connectivity index (χ2n) is 4.80. The largest absolute Gasteiger partial charge is 0.376 e. The Bertz CT molecular complexity index is 666. The molecule has 0 unspecified atom stereocenters. The van der Waals surface area contributed by atoms with Gasteiger partial charge in [0.2, 0.25) is 0 Å². The number of halogens is 1. The lowest BCUT2D eigenvalue weighted by atomic mass is 10.2. The van der Waals surface area contributed by atoms with E-state index >= 15 is 0 Å². The number of aromatic nitrogens is 4. The van der Waals surface area contributed by atoms with Crippen LogP contribution in [0.15, 0.2) is 28.2 Å². The van der Waals surface area contributed by atoms with Gasteiger partial charge in [0.1, 0.15) is 5.15 Å². The van der Waals surface area contributed by atoms with Crippen molar-refractivity contribution in [1.29, 1.82) is 0 Å². The Hall–Kier alpha value is -1.31. The van der Waals surface area contributed by atoms with Crippen molar-refractivity contribution >= 4 is 23.4 Å². The molecule has 0 radical (unpaired) electrons. The van der Waals surface area contributed by atoms with Crippen LogP contribution in [-0.2, 0) is 17.0 Å². The molecule has 1 atom stereocenters. The number of H-pyrrole nitrogens is 1. The summed E-state index contributed by atoms with van der Waals surface area (Å²) >= 11 is 7.32. The maximum atomic E-state index is 11.8. The molecule has 3 rings (SSSR count). The predicted octanol–water partition coefficient (Wildman–Crippen LogP) is 2.09. The molecule has 2 aromatic heterocycles. The van der Waals surface area contributed by atoms with Crippen LogP contribution in [-0.4, -0.2) is 32.5 Å². The third kappa shape index (κ3) is 3.66. The second-order valence-corrected chi connectivity index (χ2v) is 6.13. The zero-order valence-corrected chi connectivity index (χ0v) is 12.9. The molecule has 0 amide bonds. The van der Waals surface area contributed by atoms with Crippen LogP contribution in [0.1, 0.15) is 18.5 Å². The van der Waals surface area contributed by atoms with Gasteiger partial charge in [-0.2, -0.15) is 0 Å². The van der Waals surface area contributed by atoms with E-state index < -0.39 is 0 Å². The molecule has 0 bridgehead atoms. The SMILES string of the molecule is O=c1[nH]nc(SCc2cccc(Cl)n2)n1C[C@H]1CCCO1. The summed E-state index contributed by atoms with van der Waals surface area (Å²) in [5.41, 5.74) is 0.652. The lowest BCUT2D eigenvalue weighted by molar-refractivity contribution is 0.0941. The van der Waals surface area contributed by atoms with Crippen LogP contribution < -0.4 is 5.69 Å². The van der Waals surface area contributed by atoms with E-state index in [1.807, 2.05) is 12.1 Å². The molecule has 1 N–H and O–H groups in total. The number of thioether (sulfide) groups is 1. The molecule has 21 heavy (non-hydrogen) atoms. The Morgan fingerprint density at radius 2 is 2.43 bits per heavy atom. The third-order valence-corrected chi connectivity index (χ3v) is 4.48. The first kappa shape index (κ1) is 14.6. The molecule has 0 saturated carbocycles. The molecule has 3 heterocycles. The maximum Gasteiger partial charge on any atom is 0.344 e. The topological polar surface area (TPSA) is 72.8 Å². The molecule has 1 fully saturated rings. The number of ether oxygens (including phenoxy) is 1. The second kappa shape index (κ2) is 6.64. The lowest BCUT2D eigenvalue weighted by Crippen LogP contribution is -2.24. The summed E-state index contributed by atoms with van der Waals surface area (Å²) in [6.07, 6.45) is 2.13. The summed E-state index contributed by atoms with van der Waals surface area (Å²) in [6, 6.07) is 5.49. The number of pyridine rings is 1. The van der Waals surface area contributed by atoms with Crippen LogP contribution in [0.2, 0.25) is 5.15 Å². The molecule has 0 aliphatic carbocycles. The van der Waals surface area contributed by atoms with Gasteiger partial charge in [-0.3, -0.25) is 4.57 Å². The van der Waals surface area contributed by atoms with Crippen molar-refractivity contribution in [2.45, 2.75) is 36.4 Å². The van der Waals surface area contributed by atoms with E-state index in [9.17, 15) is 4.79 Å². The molecule has 8 heteroatoms. The Balaban J connectivity index is 1.69. The van der Waals surface area contributed by atoms with Crippen LogP contribution in [0.25, 0.3) is 0 Å². The summed E-state index contributed by atoms with van der Waals surface area (Å²) in [6.45, 7) is 1.31. The van der Waals surface area contributed by atoms with E-state index in [1.54, 1.807) is 10.6 Å². The first-order chi connectivity index (χ1) is 10.2. The highest BCUT2D eigenvalue weighted by molar-refractivity contribution is 7.98. The van der Waals surface area contributed by atoms with Gasteiger partial charge in [0.25, 0.3) is 0 Å². The number of aromatic amines is 1. The maximum absolute atomic E-state index is 11.8. The van der Waals surface area contributed by atoms with Gasteiger partial charge in [-0.1, -0.05) is 29.4 Å². The highest BCUT2D eigenvalue weighted by Crippen LogP contribution is 2.21. The number of nitrogens with one attached hydrogen (secondary N) is 1. The van der Waals surface area contributed by atoms with Gasteiger partial charge < -0.3 is 4.74 Å². The van der Waals surface area contributed by atoms with E-state index in [0.717, 1.165) is 25.1 Å². The normalized spacial score (nSPS) is 18.2. The highest BCUT2D eigenvalue weighted by Gasteiger charge is 2.19. The smallest absolute Gasteiger partial charge is 0.344 e. The van der Waals surface area contributed by atoms with Crippen LogP contribution in [0.5, 0.6) is 0 Å². The molecule has 0 spiro atoms. The van der Waals surface area contributed by atoms with Gasteiger partial charge in [-0.25, -0.2) is 14.9 Å². The average molecular weight is 327 g/mol. The average Bonchev–Trinajstić information content (AvgIpc) is 3.09. The highest BCUT2D eigenvalue weighted by atomic mass is 35.5. The van der Waals surface area contributed by atoms with E-state index in [2.05, 4.69) is 15.2 Å². The zero-order chi connectivity index (χ0) is 14.7. The van der Waals surface area contributed by atoms with Crippen molar-refractivity contribution < 1.29 is 4.74 Å². The predicted molar refractivity (Wildman–Crippen MR) is 80.6 cm³/mol. The standard InChI is InChI=1S/C13H15ClN4O2S/c14-11-5-1-3-9(15-11)8-21-13-17-16-12(19)18(13)7-10-4-2-6-20-10/h1,3,5,10H,2,4,6-8H2,(H,16,19)/t10-/m1/s1. The van der Waals surface area contributed by atoms with Crippen LogP contribution in [0.4, 0.5) is 0 Å². The van der Waals surface area contributed by atoms with E-state index in [-0.39, 0.29) is 11.8 Å². The number of rotatable bonds is 5. The molecule has 1 aliphatic heterocycles. The minimum Gasteiger partial charge on any atom is -0.376 e. The van der Waals surface area contributed by atoms with Crippen LogP contribution >= 0.6 is 23.4 Å².